The number of nitrogens with zero attached hydrogens (tertiary/aromatic N) is 4. The lowest BCUT2D eigenvalue weighted by atomic mass is 10.1. The third kappa shape index (κ3) is 2.70. The van der Waals surface area contributed by atoms with E-state index < -0.39 is 0 Å². The summed E-state index contributed by atoms with van der Waals surface area (Å²) in [6, 6.07) is 0. The number of hydrogen-bond acceptors (Lipinski definition) is 5. The van der Waals surface area contributed by atoms with Gasteiger partial charge in [-0.3, -0.25) is 0 Å². The van der Waals surface area contributed by atoms with Crippen LogP contribution < -0.4 is 5.32 Å². The van der Waals surface area contributed by atoms with Crippen LogP contribution >= 0.6 is 0 Å². The van der Waals surface area contributed by atoms with Crippen LogP contribution in [-0.2, 0) is 4.74 Å². The molecule has 0 radical (unpaired) electrons. The molecule has 6 heteroatoms. The first-order chi connectivity index (χ1) is 9.71. The molecule has 0 fully saturated rings. The smallest absolute Gasteiger partial charge is 0.147 e. The highest BCUT2D eigenvalue weighted by atomic mass is 16.5. The van der Waals surface area contributed by atoms with Crippen molar-refractivity contribution in [2.45, 2.75) is 20.1 Å². The van der Waals surface area contributed by atoms with Crippen LogP contribution in [0.5, 0.6) is 0 Å². The predicted molar refractivity (Wildman–Crippen MR) is 81.3 cm³/mol. The molecule has 2 aromatic heterocycles. The van der Waals surface area contributed by atoms with Gasteiger partial charge in [0.25, 0.3) is 0 Å². The van der Waals surface area contributed by atoms with Gasteiger partial charge in [0.2, 0.25) is 0 Å². The number of ether oxygens (including phenoxy) is 1. The topological polar surface area (TPSA) is 64.9 Å². The van der Waals surface area contributed by atoms with E-state index in [9.17, 15) is 0 Å². The first kappa shape index (κ1) is 14.2. The highest BCUT2D eigenvalue weighted by molar-refractivity contribution is 5.77. The summed E-state index contributed by atoms with van der Waals surface area (Å²) in [6.07, 6.45) is 6.84. The van der Waals surface area contributed by atoms with Crippen molar-refractivity contribution >= 4 is 11.9 Å². The van der Waals surface area contributed by atoms with Gasteiger partial charge < -0.3 is 10.1 Å². The number of nitrogens with one attached hydrogen (secondary N) is 1. The molecule has 0 spiro atoms. The molecule has 0 saturated carbocycles. The predicted octanol–water partition coefficient (Wildman–Crippen LogP) is 2.83. The summed E-state index contributed by atoms with van der Waals surface area (Å²) in [5.41, 5.74) is 2.57. The summed E-state index contributed by atoms with van der Waals surface area (Å²) in [6.45, 7) is 8.38. The Labute approximate surface area is 120 Å². The molecule has 20 heavy (non-hydrogen) atoms. The fourth-order valence-electron chi connectivity index (χ4n) is 1.99. The molecular formula is C14H21N5O. The zero-order chi connectivity index (χ0) is 14.5. The largest absolute Gasteiger partial charge is 0.373 e. The van der Waals surface area contributed by atoms with Crippen molar-refractivity contribution in [3.8, 4) is 11.3 Å². The number of aromatic nitrogens is 4. The highest BCUT2D eigenvalue weighted by Crippen LogP contribution is 2.26. The van der Waals surface area contributed by atoms with Crippen molar-refractivity contribution in [1.82, 2.24) is 19.7 Å². The summed E-state index contributed by atoms with van der Waals surface area (Å²) in [4.78, 5) is 8.51. The molecule has 0 aliphatic rings. The van der Waals surface area contributed by atoms with E-state index in [-0.39, 0.29) is 7.65 Å². The lowest BCUT2D eigenvalue weighted by Gasteiger charge is -2.11. The van der Waals surface area contributed by atoms with Crippen molar-refractivity contribution in [3.63, 3.8) is 0 Å². The molecule has 6 nitrogen and oxygen atoms in total. The summed E-state index contributed by atoms with van der Waals surface area (Å²) in [7, 11) is 1.82. The van der Waals surface area contributed by atoms with Crippen LogP contribution in [-0.4, -0.2) is 33.4 Å². The standard InChI is InChI=1S/C14H19N5O.H2/c1-5-12-13(16-9-17-14(12)15-4)11-7-18-19(8-11)10(3)20-6-2;/h5,7-10H,1,6H2,2-4H3,(H,15,16,17);1H. The molecule has 2 aromatic rings. The maximum atomic E-state index is 5.51. The second-order valence-corrected chi connectivity index (χ2v) is 4.20. The normalized spacial score (nSPS) is 12.2. The molecule has 0 aliphatic carbocycles. The highest BCUT2D eigenvalue weighted by Gasteiger charge is 2.13. The van der Waals surface area contributed by atoms with Gasteiger partial charge in [-0.25, -0.2) is 14.6 Å². The van der Waals surface area contributed by atoms with Gasteiger partial charge in [-0.2, -0.15) is 5.10 Å². The minimum Gasteiger partial charge on any atom is -0.373 e. The summed E-state index contributed by atoms with van der Waals surface area (Å²) in [5.74, 6) is 0.746. The zero-order valence-corrected chi connectivity index (χ0v) is 12.0. The van der Waals surface area contributed by atoms with Gasteiger partial charge in [0.05, 0.1) is 11.9 Å². The quantitative estimate of drug-likeness (QED) is 0.878. The maximum absolute atomic E-state index is 5.51. The van der Waals surface area contributed by atoms with Gasteiger partial charge in [-0.05, 0) is 13.8 Å². The fraction of sp³-hybridized carbons (Fsp3) is 0.357. The fourth-order valence-corrected chi connectivity index (χ4v) is 1.99. The average molecular weight is 275 g/mol. The second kappa shape index (κ2) is 6.29. The molecule has 0 saturated heterocycles. The van der Waals surface area contributed by atoms with Crippen molar-refractivity contribution in [2.75, 3.05) is 19.0 Å². The van der Waals surface area contributed by atoms with Crippen molar-refractivity contribution in [1.29, 1.82) is 0 Å². The number of anilines is 1. The molecule has 0 bridgehead atoms. The van der Waals surface area contributed by atoms with Crippen LogP contribution in [0.15, 0.2) is 25.3 Å². The van der Waals surface area contributed by atoms with Crippen molar-refractivity contribution < 1.29 is 6.16 Å². The Bertz CT molecular complexity index is 599. The van der Waals surface area contributed by atoms with Crippen molar-refractivity contribution in [2.24, 2.45) is 0 Å². The van der Waals surface area contributed by atoms with Crippen LogP contribution in [0.2, 0.25) is 0 Å². The van der Waals surface area contributed by atoms with E-state index in [0.29, 0.717) is 6.61 Å². The zero-order valence-electron chi connectivity index (χ0n) is 12.0. The van der Waals surface area contributed by atoms with Crippen LogP contribution in [0.3, 0.4) is 0 Å². The molecule has 108 valence electrons. The Morgan fingerprint density at radius 1 is 1.55 bits per heavy atom. The van der Waals surface area contributed by atoms with Gasteiger partial charge >= 0.3 is 0 Å². The Balaban J connectivity index is 0.00000220. The minimum atomic E-state index is -0.105. The van der Waals surface area contributed by atoms with E-state index >= 15 is 0 Å². The Morgan fingerprint density at radius 3 is 3.00 bits per heavy atom. The van der Waals surface area contributed by atoms with E-state index in [4.69, 9.17) is 4.74 Å². The van der Waals surface area contributed by atoms with E-state index in [1.165, 1.54) is 6.33 Å². The van der Waals surface area contributed by atoms with Gasteiger partial charge in [0.15, 0.2) is 0 Å². The maximum Gasteiger partial charge on any atom is 0.147 e. The van der Waals surface area contributed by atoms with E-state index in [2.05, 4.69) is 27.0 Å². The van der Waals surface area contributed by atoms with Gasteiger partial charge in [-0.1, -0.05) is 12.7 Å². The molecule has 1 unspecified atom stereocenters. The van der Waals surface area contributed by atoms with Crippen LogP contribution in [0.1, 0.15) is 27.1 Å². The summed E-state index contributed by atoms with van der Waals surface area (Å²) < 4.78 is 7.28. The molecule has 1 atom stereocenters. The molecule has 1 N–H and O–H groups in total. The monoisotopic (exact) mass is 275 g/mol. The molecule has 2 rings (SSSR count). The second-order valence-electron chi connectivity index (χ2n) is 4.20. The van der Waals surface area contributed by atoms with Gasteiger partial charge in [-0.15, -0.1) is 0 Å². The van der Waals surface area contributed by atoms with E-state index in [1.807, 2.05) is 27.1 Å². The first-order valence-electron chi connectivity index (χ1n) is 6.52. The third-order valence-corrected chi connectivity index (χ3v) is 2.98. The third-order valence-electron chi connectivity index (χ3n) is 2.98. The Kier molecular flexibility index (Phi) is 4.47. The number of hydrogen-bond donors (Lipinski definition) is 1. The van der Waals surface area contributed by atoms with Crippen LogP contribution in [0, 0.1) is 0 Å². The first-order valence-corrected chi connectivity index (χ1v) is 6.52. The average Bonchev–Trinajstić information content (AvgIpc) is 2.96. The lowest BCUT2D eigenvalue weighted by molar-refractivity contribution is 0.0160. The van der Waals surface area contributed by atoms with Crippen molar-refractivity contribution in [3.05, 3.63) is 30.9 Å². The Hall–Kier alpha value is -2.21. The van der Waals surface area contributed by atoms with Gasteiger partial charge in [0, 0.05) is 32.4 Å². The SMILES string of the molecule is C=Cc1c(NC)ncnc1-c1cnn(C(C)OCC)c1.[HH]. The number of rotatable bonds is 6. The lowest BCUT2D eigenvalue weighted by Crippen LogP contribution is -2.09. The summed E-state index contributed by atoms with van der Waals surface area (Å²) >= 11 is 0. The van der Waals surface area contributed by atoms with E-state index in [1.54, 1.807) is 17.0 Å². The van der Waals surface area contributed by atoms with Gasteiger partial charge in [0.1, 0.15) is 18.4 Å². The molecule has 0 amide bonds. The molecular weight excluding hydrogens is 254 g/mol. The molecule has 0 aliphatic heterocycles. The molecule has 2 heterocycles. The summed E-state index contributed by atoms with van der Waals surface area (Å²) in [5, 5.41) is 7.35. The van der Waals surface area contributed by atoms with Crippen LogP contribution in [0.4, 0.5) is 5.82 Å². The Morgan fingerprint density at radius 2 is 2.35 bits per heavy atom. The van der Waals surface area contributed by atoms with Crippen LogP contribution in [0.25, 0.3) is 17.3 Å². The van der Waals surface area contributed by atoms with E-state index in [0.717, 1.165) is 22.6 Å². The molecule has 0 aromatic carbocycles. The minimum absolute atomic E-state index is 0.